The summed E-state index contributed by atoms with van der Waals surface area (Å²) in [6.07, 6.45) is 0.898. The Morgan fingerprint density at radius 1 is 1.25 bits per heavy atom. The van der Waals surface area contributed by atoms with Crippen LogP contribution < -0.4 is 5.32 Å². The lowest BCUT2D eigenvalue weighted by Gasteiger charge is -2.06. The first-order valence-corrected chi connectivity index (χ1v) is 10.3. The van der Waals surface area contributed by atoms with Crippen LogP contribution in [-0.4, -0.2) is 22.6 Å². The summed E-state index contributed by atoms with van der Waals surface area (Å²) in [5.41, 5.74) is 2.28. The number of rotatable bonds is 6. The lowest BCUT2D eigenvalue weighted by molar-refractivity contribution is 0.0590. The average Bonchev–Trinajstić information content (AvgIpc) is 3.20. The average molecular weight is 438 g/mol. The Bertz CT molecular complexity index is 1010. The van der Waals surface area contributed by atoms with Gasteiger partial charge in [-0.05, 0) is 36.6 Å². The first kappa shape index (κ1) is 20.7. The van der Waals surface area contributed by atoms with E-state index in [0.29, 0.717) is 21.7 Å². The number of hydrogen-bond donors (Lipinski definition) is 1. The maximum Gasteiger partial charge on any atom is 0.354 e. The number of aromatic nitrogens is 2. The lowest BCUT2D eigenvalue weighted by atomic mass is 10.0. The Morgan fingerprint density at radius 3 is 2.64 bits per heavy atom. The lowest BCUT2D eigenvalue weighted by Crippen LogP contribution is -2.09. The minimum absolute atomic E-state index is 0.383. The normalized spacial score (nSPS) is 11.1. The van der Waals surface area contributed by atoms with E-state index in [0.717, 1.165) is 28.6 Å². The number of esters is 1. The number of nitrogens with one attached hydrogen (secondary N) is 1. The number of anilines is 2. The minimum atomic E-state index is -0.383. The van der Waals surface area contributed by atoms with Gasteiger partial charge in [0.2, 0.25) is 0 Å². The molecule has 5 nitrogen and oxygen atoms in total. The maximum absolute atomic E-state index is 11.8. The Hall–Kier alpha value is -2.02. The van der Waals surface area contributed by atoms with Crippen LogP contribution in [0, 0.1) is 5.92 Å². The fourth-order valence-corrected chi connectivity index (χ4v) is 4.34. The van der Waals surface area contributed by atoms with Gasteiger partial charge in [0.15, 0.2) is 5.13 Å². The molecule has 0 saturated carbocycles. The zero-order chi connectivity index (χ0) is 20.4. The van der Waals surface area contributed by atoms with Crippen LogP contribution in [0.5, 0.6) is 0 Å². The van der Waals surface area contributed by atoms with Crippen molar-refractivity contribution in [3.63, 3.8) is 0 Å². The van der Waals surface area contributed by atoms with Crippen molar-refractivity contribution >= 4 is 51.5 Å². The summed E-state index contributed by atoms with van der Waals surface area (Å²) in [5.74, 6) is 0.855. The topological polar surface area (TPSA) is 56.1 Å². The van der Waals surface area contributed by atoms with Gasteiger partial charge < -0.3 is 14.6 Å². The largest absolute Gasteiger partial charge is 0.464 e. The zero-order valence-electron chi connectivity index (χ0n) is 16.0. The molecule has 0 atom stereocenters. The van der Waals surface area contributed by atoms with E-state index < -0.39 is 0 Å². The number of carbonyl (C=O) groups excluding carboxylic acids is 1. The molecule has 1 N–H and O–H groups in total. The molecule has 0 unspecified atom stereocenters. The molecule has 0 fully saturated rings. The molecule has 3 aromatic rings. The van der Waals surface area contributed by atoms with Gasteiger partial charge in [-0.25, -0.2) is 9.78 Å². The number of methoxy groups -OCH3 is 1. The second-order valence-electron chi connectivity index (χ2n) is 6.80. The molecule has 0 radical (unpaired) electrons. The second-order valence-corrected chi connectivity index (χ2v) is 8.70. The Balaban J connectivity index is 1.97. The molecule has 148 valence electrons. The summed E-state index contributed by atoms with van der Waals surface area (Å²) in [7, 11) is 3.17. The SMILES string of the molecule is COC(=O)c1ccc(Nc2nc(-c3ccc(Cl)c(Cl)c3)c(CC(C)C)s2)n1C. The molecular weight excluding hydrogens is 417 g/mol. The summed E-state index contributed by atoms with van der Waals surface area (Å²) in [5, 5.41) is 5.07. The molecular formula is C20H21Cl2N3O2S. The molecule has 3 rings (SSSR count). The third kappa shape index (κ3) is 4.35. The van der Waals surface area contributed by atoms with Crippen LogP contribution in [0.25, 0.3) is 11.3 Å². The van der Waals surface area contributed by atoms with Gasteiger partial charge in [-0.15, -0.1) is 11.3 Å². The van der Waals surface area contributed by atoms with E-state index in [9.17, 15) is 4.79 Å². The van der Waals surface area contributed by atoms with Gasteiger partial charge in [0.05, 0.1) is 22.8 Å². The number of hydrogen-bond acceptors (Lipinski definition) is 5. The van der Waals surface area contributed by atoms with E-state index >= 15 is 0 Å². The van der Waals surface area contributed by atoms with E-state index in [1.807, 2.05) is 18.2 Å². The molecule has 0 aliphatic carbocycles. The maximum atomic E-state index is 11.8. The predicted octanol–water partition coefficient (Wildman–Crippen LogP) is 6.18. The van der Waals surface area contributed by atoms with Crippen molar-refractivity contribution in [3.8, 4) is 11.3 Å². The van der Waals surface area contributed by atoms with Crippen molar-refractivity contribution in [1.29, 1.82) is 0 Å². The van der Waals surface area contributed by atoms with Crippen molar-refractivity contribution in [2.75, 3.05) is 12.4 Å². The second kappa shape index (κ2) is 8.55. The van der Waals surface area contributed by atoms with E-state index in [-0.39, 0.29) is 5.97 Å². The molecule has 0 saturated heterocycles. The van der Waals surface area contributed by atoms with Crippen LogP contribution in [0.2, 0.25) is 10.0 Å². The third-order valence-electron chi connectivity index (χ3n) is 4.24. The first-order valence-electron chi connectivity index (χ1n) is 8.76. The van der Waals surface area contributed by atoms with Gasteiger partial charge >= 0.3 is 5.97 Å². The van der Waals surface area contributed by atoms with Crippen molar-refractivity contribution in [1.82, 2.24) is 9.55 Å². The molecule has 28 heavy (non-hydrogen) atoms. The quantitative estimate of drug-likeness (QED) is 0.467. The summed E-state index contributed by atoms with van der Waals surface area (Å²) >= 11 is 13.9. The smallest absolute Gasteiger partial charge is 0.354 e. The van der Waals surface area contributed by atoms with Gasteiger partial charge in [-0.3, -0.25) is 0 Å². The van der Waals surface area contributed by atoms with Gasteiger partial charge in [-0.2, -0.15) is 0 Å². The standard InChI is InChI=1S/C20H21Cl2N3O2S/c1-11(2)9-16-18(12-5-6-13(21)14(22)10-12)24-20(28-16)23-17-8-7-15(25(17)3)19(26)27-4/h5-8,10-11H,9H2,1-4H3,(H,23,24). The number of benzene rings is 1. The molecule has 0 bridgehead atoms. The van der Waals surface area contributed by atoms with Crippen LogP contribution in [0.3, 0.4) is 0 Å². The van der Waals surface area contributed by atoms with E-state index in [1.165, 1.54) is 12.0 Å². The molecule has 0 aliphatic heterocycles. The Labute approximate surface area is 178 Å². The fraction of sp³-hybridized carbons (Fsp3) is 0.300. The van der Waals surface area contributed by atoms with E-state index in [4.69, 9.17) is 32.9 Å². The predicted molar refractivity (Wildman–Crippen MR) is 116 cm³/mol. The third-order valence-corrected chi connectivity index (χ3v) is 5.97. The molecule has 0 aliphatic rings. The molecule has 8 heteroatoms. The Kier molecular flexibility index (Phi) is 6.33. The summed E-state index contributed by atoms with van der Waals surface area (Å²) in [6, 6.07) is 9.09. The molecule has 2 aromatic heterocycles. The van der Waals surface area contributed by atoms with Gasteiger partial charge in [-0.1, -0.05) is 43.1 Å². The van der Waals surface area contributed by atoms with E-state index in [1.54, 1.807) is 35.1 Å². The number of ether oxygens (including phenoxy) is 1. The zero-order valence-corrected chi connectivity index (χ0v) is 18.4. The highest BCUT2D eigenvalue weighted by Crippen LogP contribution is 2.36. The highest BCUT2D eigenvalue weighted by Gasteiger charge is 2.18. The van der Waals surface area contributed by atoms with Gasteiger partial charge in [0.25, 0.3) is 0 Å². The van der Waals surface area contributed by atoms with Crippen LogP contribution in [0.15, 0.2) is 30.3 Å². The van der Waals surface area contributed by atoms with Crippen molar-refractivity contribution < 1.29 is 9.53 Å². The van der Waals surface area contributed by atoms with Crippen molar-refractivity contribution in [3.05, 3.63) is 50.9 Å². The number of thiazole rings is 1. The first-order chi connectivity index (χ1) is 13.3. The van der Waals surface area contributed by atoms with E-state index in [2.05, 4.69) is 19.2 Å². The summed E-state index contributed by atoms with van der Waals surface area (Å²) in [6.45, 7) is 4.34. The number of halogens is 2. The number of carbonyl (C=O) groups is 1. The van der Waals surface area contributed by atoms with Crippen LogP contribution >= 0.6 is 34.5 Å². The molecule has 2 heterocycles. The van der Waals surface area contributed by atoms with Crippen molar-refractivity contribution in [2.45, 2.75) is 20.3 Å². The summed E-state index contributed by atoms with van der Waals surface area (Å²) < 4.78 is 6.55. The van der Waals surface area contributed by atoms with Gasteiger partial charge in [0, 0.05) is 17.5 Å². The molecule has 1 aromatic carbocycles. The van der Waals surface area contributed by atoms with Crippen LogP contribution in [-0.2, 0) is 18.2 Å². The van der Waals surface area contributed by atoms with Crippen LogP contribution in [0.4, 0.5) is 10.9 Å². The minimum Gasteiger partial charge on any atom is -0.464 e. The number of nitrogens with zero attached hydrogens (tertiary/aromatic N) is 2. The highest BCUT2D eigenvalue weighted by molar-refractivity contribution is 7.16. The summed E-state index contributed by atoms with van der Waals surface area (Å²) in [4.78, 5) is 17.8. The monoisotopic (exact) mass is 437 g/mol. The fourth-order valence-electron chi connectivity index (χ4n) is 2.84. The van der Waals surface area contributed by atoms with Crippen molar-refractivity contribution in [2.24, 2.45) is 13.0 Å². The molecule has 0 amide bonds. The van der Waals surface area contributed by atoms with Crippen LogP contribution in [0.1, 0.15) is 29.2 Å². The Morgan fingerprint density at radius 2 is 2.00 bits per heavy atom. The highest BCUT2D eigenvalue weighted by atomic mass is 35.5. The molecule has 0 spiro atoms. The van der Waals surface area contributed by atoms with Gasteiger partial charge in [0.1, 0.15) is 11.5 Å².